The molecule has 0 spiro atoms. The van der Waals surface area contributed by atoms with Crippen molar-refractivity contribution >= 4 is 5.91 Å². The van der Waals surface area contributed by atoms with Crippen molar-refractivity contribution in [3.63, 3.8) is 0 Å². The van der Waals surface area contributed by atoms with Crippen molar-refractivity contribution in [1.29, 1.82) is 0 Å². The minimum Gasteiger partial charge on any atom is -0.378 e. The Balaban J connectivity index is 1.55. The summed E-state index contributed by atoms with van der Waals surface area (Å²) in [6, 6.07) is 8.56. The van der Waals surface area contributed by atoms with Crippen LogP contribution in [0, 0.1) is 5.41 Å². The molecule has 1 aromatic carbocycles. The maximum atomic E-state index is 12.8. The fourth-order valence-corrected chi connectivity index (χ4v) is 4.55. The van der Waals surface area contributed by atoms with E-state index in [1.165, 1.54) is 44.3 Å². The van der Waals surface area contributed by atoms with Crippen LogP contribution < -0.4 is 11.1 Å². The first-order valence-electron chi connectivity index (χ1n) is 10.9. The third-order valence-electron chi connectivity index (χ3n) is 6.78. The number of rotatable bonds is 7. The van der Waals surface area contributed by atoms with Crippen molar-refractivity contribution in [2.45, 2.75) is 77.6 Å². The molecule has 2 aliphatic rings. The van der Waals surface area contributed by atoms with Crippen LogP contribution in [0.1, 0.15) is 64.0 Å². The summed E-state index contributed by atoms with van der Waals surface area (Å²) in [6.45, 7) is 10.6. The summed E-state index contributed by atoms with van der Waals surface area (Å²) < 4.78 is 5.73. The van der Waals surface area contributed by atoms with Gasteiger partial charge in [0.1, 0.15) is 5.54 Å². The van der Waals surface area contributed by atoms with Gasteiger partial charge in [-0.1, -0.05) is 51.0 Å². The molecule has 0 radical (unpaired) electrons. The van der Waals surface area contributed by atoms with Crippen molar-refractivity contribution in [2.24, 2.45) is 11.1 Å². The molecule has 0 aromatic heterocycles. The van der Waals surface area contributed by atoms with Gasteiger partial charge in [-0.15, -0.1) is 0 Å². The van der Waals surface area contributed by atoms with Crippen LogP contribution in [0.15, 0.2) is 24.3 Å². The molecule has 1 amide bonds. The Labute approximate surface area is 170 Å². The number of nitrogens with zero attached hydrogens (tertiary/aromatic N) is 1. The van der Waals surface area contributed by atoms with Crippen molar-refractivity contribution < 1.29 is 9.53 Å². The van der Waals surface area contributed by atoms with Crippen LogP contribution in [0.25, 0.3) is 0 Å². The van der Waals surface area contributed by atoms with Gasteiger partial charge >= 0.3 is 0 Å². The quantitative estimate of drug-likeness (QED) is 0.754. The van der Waals surface area contributed by atoms with E-state index in [-0.39, 0.29) is 17.4 Å². The standard InChI is InChI=1S/C23H37N3O2/c1-4-28-20-15-23(24,22(20,2)3)21(27)25-16-18-10-9-11-19(14-18)17-26-12-7-5-6-8-13-26/h9-11,14,20H,4-8,12-13,15-17,24H2,1-3H3,(H,25,27). The van der Waals surface area contributed by atoms with Crippen LogP contribution in [-0.4, -0.2) is 42.1 Å². The van der Waals surface area contributed by atoms with Gasteiger partial charge in [0, 0.05) is 31.5 Å². The molecule has 2 unspecified atom stereocenters. The van der Waals surface area contributed by atoms with Crippen LogP contribution >= 0.6 is 0 Å². The molecule has 1 aliphatic carbocycles. The van der Waals surface area contributed by atoms with Crippen molar-refractivity contribution in [1.82, 2.24) is 10.2 Å². The molecule has 1 heterocycles. The predicted molar refractivity (Wildman–Crippen MR) is 113 cm³/mol. The molecule has 5 heteroatoms. The average Bonchev–Trinajstić information content (AvgIpc) is 2.94. The van der Waals surface area contributed by atoms with E-state index in [4.69, 9.17) is 10.5 Å². The predicted octanol–water partition coefficient (Wildman–Crippen LogP) is 3.21. The summed E-state index contributed by atoms with van der Waals surface area (Å²) >= 11 is 0. The molecule has 2 atom stereocenters. The molecule has 1 saturated heterocycles. The van der Waals surface area contributed by atoms with Crippen LogP contribution in [0.5, 0.6) is 0 Å². The van der Waals surface area contributed by atoms with Gasteiger partial charge in [0.25, 0.3) is 0 Å². The van der Waals surface area contributed by atoms with E-state index < -0.39 is 5.54 Å². The molecule has 2 fully saturated rings. The monoisotopic (exact) mass is 387 g/mol. The molecule has 1 aromatic rings. The zero-order valence-electron chi connectivity index (χ0n) is 17.8. The first-order chi connectivity index (χ1) is 13.4. The Bertz CT molecular complexity index is 668. The van der Waals surface area contributed by atoms with Gasteiger partial charge < -0.3 is 15.8 Å². The molecule has 0 bridgehead atoms. The van der Waals surface area contributed by atoms with Gasteiger partial charge in [-0.25, -0.2) is 0 Å². The second-order valence-corrected chi connectivity index (χ2v) is 9.03. The molecule has 28 heavy (non-hydrogen) atoms. The first kappa shape index (κ1) is 21.3. The summed E-state index contributed by atoms with van der Waals surface area (Å²) in [5.74, 6) is -0.0774. The summed E-state index contributed by atoms with van der Waals surface area (Å²) in [7, 11) is 0. The third kappa shape index (κ3) is 4.42. The number of hydrogen-bond donors (Lipinski definition) is 2. The van der Waals surface area contributed by atoms with Gasteiger partial charge in [0.05, 0.1) is 6.10 Å². The molecule has 156 valence electrons. The van der Waals surface area contributed by atoms with Crippen LogP contribution in [-0.2, 0) is 22.6 Å². The highest BCUT2D eigenvalue weighted by Gasteiger charge is 2.62. The topological polar surface area (TPSA) is 67.6 Å². The molecule has 1 saturated carbocycles. The van der Waals surface area contributed by atoms with Gasteiger partial charge in [-0.3, -0.25) is 9.69 Å². The van der Waals surface area contributed by atoms with Crippen LogP contribution in [0.4, 0.5) is 0 Å². The maximum Gasteiger partial charge on any atom is 0.241 e. The second kappa shape index (κ2) is 8.93. The van der Waals surface area contributed by atoms with Crippen LogP contribution in [0.3, 0.4) is 0 Å². The molecule has 3 rings (SSSR count). The average molecular weight is 388 g/mol. The summed E-state index contributed by atoms with van der Waals surface area (Å²) in [5.41, 5.74) is 7.70. The highest BCUT2D eigenvalue weighted by molar-refractivity contribution is 5.88. The summed E-state index contributed by atoms with van der Waals surface area (Å²) in [6.07, 6.45) is 5.92. The Morgan fingerprint density at radius 3 is 2.54 bits per heavy atom. The number of benzene rings is 1. The van der Waals surface area contributed by atoms with Gasteiger partial charge in [0.2, 0.25) is 5.91 Å². The van der Waals surface area contributed by atoms with E-state index in [0.717, 1.165) is 12.1 Å². The minimum atomic E-state index is -0.865. The maximum absolute atomic E-state index is 12.8. The highest BCUT2D eigenvalue weighted by atomic mass is 16.5. The normalized spacial score (nSPS) is 27.6. The third-order valence-corrected chi connectivity index (χ3v) is 6.78. The fourth-order valence-electron chi connectivity index (χ4n) is 4.55. The fraction of sp³-hybridized carbons (Fsp3) is 0.696. The lowest BCUT2D eigenvalue weighted by molar-refractivity contribution is -0.170. The van der Waals surface area contributed by atoms with Gasteiger partial charge in [-0.2, -0.15) is 0 Å². The smallest absolute Gasteiger partial charge is 0.241 e. The van der Waals surface area contributed by atoms with Gasteiger partial charge in [-0.05, 0) is 44.0 Å². The van der Waals surface area contributed by atoms with Gasteiger partial charge in [0.15, 0.2) is 0 Å². The number of amides is 1. The summed E-state index contributed by atoms with van der Waals surface area (Å²) in [5, 5.41) is 3.07. The van der Waals surface area contributed by atoms with E-state index in [1.807, 2.05) is 20.8 Å². The lowest BCUT2D eigenvalue weighted by atomic mass is 9.54. The number of nitrogens with two attached hydrogens (primary N) is 1. The molecular formula is C23H37N3O2. The number of hydrogen-bond acceptors (Lipinski definition) is 4. The van der Waals surface area contributed by atoms with E-state index in [9.17, 15) is 4.79 Å². The first-order valence-corrected chi connectivity index (χ1v) is 10.9. The molecule has 3 N–H and O–H groups in total. The Kier molecular flexibility index (Phi) is 6.79. The second-order valence-electron chi connectivity index (χ2n) is 9.03. The number of carbonyl (C=O) groups is 1. The number of likely N-dealkylation sites (tertiary alicyclic amines) is 1. The van der Waals surface area contributed by atoms with Crippen molar-refractivity contribution in [3.05, 3.63) is 35.4 Å². The Morgan fingerprint density at radius 2 is 1.89 bits per heavy atom. The van der Waals surface area contributed by atoms with Crippen LogP contribution in [0.2, 0.25) is 0 Å². The number of nitrogens with one attached hydrogen (secondary N) is 1. The Hall–Kier alpha value is -1.43. The minimum absolute atomic E-state index is 0.0465. The van der Waals surface area contributed by atoms with E-state index in [0.29, 0.717) is 19.6 Å². The van der Waals surface area contributed by atoms with Crippen molar-refractivity contribution in [2.75, 3.05) is 19.7 Å². The lowest BCUT2D eigenvalue weighted by Crippen LogP contribution is -2.75. The van der Waals surface area contributed by atoms with Crippen molar-refractivity contribution in [3.8, 4) is 0 Å². The SMILES string of the molecule is CCOC1CC(N)(C(=O)NCc2cccc(CN3CCCCCC3)c2)C1(C)C. The zero-order valence-corrected chi connectivity index (χ0v) is 17.8. The molecule has 1 aliphatic heterocycles. The largest absolute Gasteiger partial charge is 0.378 e. The number of ether oxygens (including phenoxy) is 1. The Morgan fingerprint density at radius 1 is 1.21 bits per heavy atom. The lowest BCUT2D eigenvalue weighted by Gasteiger charge is -2.57. The number of carbonyl (C=O) groups excluding carboxylic acids is 1. The zero-order chi connectivity index (χ0) is 20.2. The molecular weight excluding hydrogens is 350 g/mol. The van der Waals surface area contributed by atoms with E-state index >= 15 is 0 Å². The van der Waals surface area contributed by atoms with E-state index in [2.05, 4.69) is 34.5 Å². The van der Waals surface area contributed by atoms with E-state index in [1.54, 1.807) is 0 Å². The highest BCUT2D eigenvalue weighted by Crippen LogP contribution is 2.49. The molecule has 5 nitrogen and oxygen atoms in total. The summed E-state index contributed by atoms with van der Waals surface area (Å²) in [4.78, 5) is 15.4.